The fourth-order valence-corrected chi connectivity index (χ4v) is 7.08. The van der Waals surface area contributed by atoms with Gasteiger partial charge in [-0.25, -0.2) is 13.1 Å². The van der Waals surface area contributed by atoms with Crippen LogP contribution >= 0.6 is 0 Å². The second-order valence-electron chi connectivity index (χ2n) is 10.1. The van der Waals surface area contributed by atoms with Crippen molar-refractivity contribution in [1.29, 1.82) is 5.26 Å². The topological polar surface area (TPSA) is 198 Å². The zero-order valence-electron chi connectivity index (χ0n) is 21.5. The predicted octanol–water partition coefficient (Wildman–Crippen LogP) is -1.37. The van der Waals surface area contributed by atoms with Gasteiger partial charge < -0.3 is 25.5 Å². The summed E-state index contributed by atoms with van der Waals surface area (Å²) in [5.41, 5.74) is 0.540. The standard InChI is InChI=1S/C25H32N6O7S/c1-30-22-19(21(28-30)23(35)27-11-17-4-2-16(10-26)3-5-17)8-9-31(24(22)36)12-18-6-7-20(18)39(37,38)29-25(13-32,14-33)15-34/h2-5,18,20,29,32-34H,6-9,11-15H2,1H3,(H,27,35). The fourth-order valence-electron chi connectivity index (χ4n) is 4.95. The summed E-state index contributed by atoms with van der Waals surface area (Å²) >= 11 is 0. The average Bonchev–Trinajstić information content (AvgIpc) is 3.26. The van der Waals surface area contributed by atoms with E-state index in [1.165, 1.54) is 4.68 Å². The van der Waals surface area contributed by atoms with E-state index in [9.17, 15) is 33.3 Å². The first-order valence-corrected chi connectivity index (χ1v) is 14.1. The molecule has 1 aromatic heterocycles. The van der Waals surface area contributed by atoms with E-state index in [1.54, 1.807) is 36.2 Å². The fraction of sp³-hybridized carbons (Fsp3) is 0.520. The molecule has 1 aliphatic carbocycles. The summed E-state index contributed by atoms with van der Waals surface area (Å²) in [5.74, 6) is -1.14. The number of aliphatic hydroxyl groups excluding tert-OH is 3. The van der Waals surface area contributed by atoms with Crippen LogP contribution in [0.4, 0.5) is 0 Å². The second-order valence-corrected chi connectivity index (χ2v) is 12.0. The Kier molecular flexibility index (Phi) is 8.38. The third-order valence-electron chi connectivity index (χ3n) is 7.49. The number of fused-ring (bicyclic) bond motifs is 1. The molecule has 1 aliphatic heterocycles. The Morgan fingerprint density at radius 1 is 1.18 bits per heavy atom. The SMILES string of the molecule is Cn1nc(C(=O)NCc2ccc(C#N)cc2)c2c1C(=O)N(CC1CCC1S(=O)(=O)NC(CO)(CO)CO)CC2. The van der Waals surface area contributed by atoms with Crippen LogP contribution in [0.15, 0.2) is 24.3 Å². The third-order valence-corrected chi connectivity index (χ3v) is 9.62. The molecule has 2 heterocycles. The minimum absolute atomic E-state index is 0.163. The molecular weight excluding hydrogens is 528 g/mol. The number of hydrogen-bond donors (Lipinski definition) is 5. The molecule has 0 bridgehead atoms. The van der Waals surface area contributed by atoms with Gasteiger partial charge in [-0.3, -0.25) is 14.3 Å². The van der Waals surface area contributed by atoms with Crippen LogP contribution < -0.4 is 10.0 Å². The average molecular weight is 561 g/mol. The molecule has 0 saturated heterocycles. The molecule has 2 amide bonds. The predicted molar refractivity (Wildman–Crippen MR) is 138 cm³/mol. The number of aryl methyl sites for hydroxylation is 1. The minimum Gasteiger partial charge on any atom is -0.394 e. The van der Waals surface area contributed by atoms with E-state index in [0.29, 0.717) is 30.4 Å². The zero-order valence-corrected chi connectivity index (χ0v) is 22.3. The number of sulfonamides is 1. The van der Waals surface area contributed by atoms with Gasteiger partial charge in [0.25, 0.3) is 11.8 Å². The monoisotopic (exact) mass is 560 g/mol. The summed E-state index contributed by atoms with van der Waals surface area (Å²) in [5, 5.41) is 43.7. The second kappa shape index (κ2) is 11.4. The Morgan fingerprint density at radius 2 is 1.85 bits per heavy atom. The van der Waals surface area contributed by atoms with E-state index in [1.807, 2.05) is 6.07 Å². The maximum absolute atomic E-state index is 13.4. The van der Waals surface area contributed by atoms with Crippen LogP contribution in [0.5, 0.6) is 0 Å². The first-order valence-electron chi connectivity index (χ1n) is 12.6. The molecule has 5 N–H and O–H groups in total. The van der Waals surface area contributed by atoms with Crippen molar-refractivity contribution in [3.05, 3.63) is 52.3 Å². The number of rotatable bonds is 11. The molecule has 0 spiro atoms. The van der Waals surface area contributed by atoms with Gasteiger partial charge in [0, 0.05) is 32.2 Å². The van der Waals surface area contributed by atoms with Crippen molar-refractivity contribution in [2.45, 2.75) is 36.6 Å². The summed E-state index contributed by atoms with van der Waals surface area (Å²) in [4.78, 5) is 27.8. The number of carbonyl (C=O) groups excluding carboxylic acids is 2. The van der Waals surface area contributed by atoms with Gasteiger partial charge in [0.05, 0.1) is 36.7 Å². The maximum Gasteiger partial charge on any atom is 0.272 e. The normalized spacial score (nSPS) is 19.3. The zero-order chi connectivity index (χ0) is 28.4. The van der Waals surface area contributed by atoms with Crippen LogP contribution in [-0.2, 0) is 30.0 Å². The molecule has 2 atom stereocenters. The molecule has 13 nitrogen and oxygen atoms in total. The molecule has 2 unspecified atom stereocenters. The van der Waals surface area contributed by atoms with Gasteiger partial charge in [0.15, 0.2) is 5.69 Å². The van der Waals surface area contributed by atoms with Gasteiger partial charge >= 0.3 is 0 Å². The molecule has 39 heavy (non-hydrogen) atoms. The van der Waals surface area contributed by atoms with Gasteiger partial charge in [-0.15, -0.1) is 0 Å². The highest BCUT2D eigenvalue weighted by Gasteiger charge is 2.46. The van der Waals surface area contributed by atoms with Crippen molar-refractivity contribution >= 4 is 21.8 Å². The molecule has 210 valence electrons. The summed E-state index contributed by atoms with van der Waals surface area (Å²) in [6.45, 7) is -1.61. The van der Waals surface area contributed by atoms with Crippen LogP contribution in [0.25, 0.3) is 0 Å². The molecule has 4 rings (SSSR count). The Labute approximate surface area is 226 Å². The van der Waals surface area contributed by atoms with E-state index in [0.717, 1.165) is 5.56 Å². The van der Waals surface area contributed by atoms with Gasteiger partial charge in [0.1, 0.15) is 11.2 Å². The van der Waals surface area contributed by atoms with E-state index < -0.39 is 46.5 Å². The Morgan fingerprint density at radius 3 is 2.41 bits per heavy atom. The first kappa shape index (κ1) is 28.7. The molecule has 0 radical (unpaired) electrons. The number of nitrogens with zero attached hydrogens (tertiary/aromatic N) is 4. The largest absolute Gasteiger partial charge is 0.394 e. The number of aliphatic hydroxyl groups is 3. The number of carbonyl (C=O) groups is 2. The van der Waals surface area contributed by atoms with Gasteiger partial charge in [-0.2, -0.15) is 10.4 Å². The minimum atomic E-state index is -4.00. The van der Waals surface area contributed by atoms with Crippen molar-refractivity contribution < 1.29 is 33.3 Å². The van der Waals surface area contributed by atoms with Crippen molar-refractivity contribution in [1.82, 2.24) is 24.7 Å². The Hall–Kier alpha value is -3.35. The van der Waals surface area contributed by atoms with Gasteiger partial charge in [0.2, 0.25) is 10.0 Å². The summed E-state index contributed by atoms with van der Waals surface area (Å²) < 4.78 is 29.5. The van der Waals surface area contributed by atoms with E-state index in [-0.39, 0.29) is 42.8 Å². The summed E-state index contributed by atoms with van der Waals surface area (Å²) in [7, 11) is -2.42. The highest BCUT2D eigenvalue weighted by molar-refractivity contribution is 7.90. The van der Waals surface area contributed by atoms with Gasteiger partial charge in [-0.05, 0) is 42.9 Å². The number of nitrogens with one attached hydrogen (secondary N) is 2. The van der Waals surface area contributed by atoms with Crippen molar-refractivity contribution in [3.8, 4) is 6.07 Å². The lowest BCUT2D eigenvalue weighted by molar-refractivity contribution is 0.0568. The third kappa shape index (κ3) is 5.68. The molecule has 1 aromatic carbocycles. The number of amides is 2. The van der Waals surface area contributed by atoms with E-state index in [4.69, 9.17) is 5.26 Å². The lowest BCUT2D eigenvalue weighted by atomic mass is 9.84. The van der Waals surface area contributed by atoms with Crippen LogP contribution in [0.2, 0.25) is 0 Å². The van der Waals surface area contributed by atoms with Crippen LogP contribution in [-0.4, -0.2) is 93.9 Å². The maximum atomic E-state index is 13.4. The van der Waals surface area contributed by atoms with Crippen LogP contribution in [0, 0.1) is 17.2 Å². The lowest BCUT2D eigenvalue weighted by Crippen LogP contribution is -2.61. The summed E-state index contributed by atoms with van der Waals surface area (Å²) in [6, 6.07) is 8.85. The van der Waals surface area contributed by atoms with Crippen LogP contribution in [0.1, 0.15) is 50.5 Å². The lowest BCUT2D eigenvalue weighted by Gasteiger charge is -2.41. The smallest absolute Gasteiger partial charge is 0.272 e. The molecular formula is C25H32N6O7S. The number of aromatic nitrogens is 2. The Bertz CT molecular complexity index is 1370. The van der Waals surface area contributed by atoms with Crippen molar-refractivity contribution in [3.63, 3.8) is 0 Å². The Balaban J connectivity index is 1.42. The van der Waals surface area contributed by atoms with E-state index >= 15 is 0 Å². The highest BCUT2D eigenvalue weighted by Crippen LogP contribution is 2.35. The van der Waals surface area contributed by atoms with E-state index in [2.05, 4.69) is 15.1 Å². The summed E-state index contributed by atoms with van der Waals surface area (Å²) in [6.07, 6.45) is 1.29. The molecule has 14 heteroatoms. The first-order chi connectivity index (χ1) is 18.6. The number of nitriles is 1. The quantitative estimate of drug-likeness (QED) is 0.220. The molecule has 1 saturated carbocycles. The molecule has 1 fully saturated rings. The molecule has 2 aromatic rings. The highest BCUT2D eigenvalue weighted by atomic mass is 32.2. The van der Waals surface area contributed by atoms with Gasteiger partial charge in [-0.1, -0.05) is 12.1 Å². The van der Waals surface area contributed by atoms with Crippen molar-refractivity contribution in [2.75, 3.05) is 32.9 Å². The molecule has 2 aliphatic rings. The number of hydrogen-bond acceptors (Lipinski definition) is 9. The van der Waals surface area contributed by atoms with Crippen molar-refractivity contribution in [2.24, 2.45) is 13.0 Å². The number of benzene rings is 1. The van der Waals surface area contributed by atoms with Crippen LogP contribution in [0.3, 0.4) is 0 Å².